The number of amides is 2. The third kappa shape index (κ3) is 5.91. The second-order valence-corrected chi connectivity index (χ2v) is 5.49. The maximum absolute atomic E-state index is 12.3. The van der Waals surface area contributed by atoms with E-state index in [1.165, 1.54) is 0 Å². The topological polar surface area (TPSA) is 85.9 Å². The summed E-state index contributed by atoms with van der Waals surface area (Å²) in [7, 11) is 1.55. The number of methoxy groups -OCH3 is 1. The molecule has 7 nitrogen and oxygen atoms in total. The normalized spacial score (nSPS) is 10.0. The molecule has 0 atom stereocenters. The molecule has 0 aromatic heterocycles. The smallest absolute Gasteiger partial charge is 0.251 e. The van der Waals surface area contributed by atoms with Crippen molar-refractivity contribution in [2.24, 2.45) is 0 Å². The molecule has 2 aromatic carbocycles. The Morgan fingerprint density at radius 1 is 0.963 bits per heavy atom. The Bertz CT molecular complexity index is 792. The average molecular weight is 372 g/mol. The summed E-state index contributed by atoms with van der Waals surface area (Å²) in [6.07, 6.45) is 0. The van der Waals surface area contributed by atoms with Gasteiger partial charge in [-0.25, -0.2) is 0 Å². The molecule has 2 aromatic rings. The molecule has 27 heavy (non-hydrogen) atoms. The molecular formula is C20H24N2O5. The van der Waals surface area contributed by atoms with Crippen LogP contribution in [-0.2, 0) is 4.79 Å². The second kappa shape index (κ2) is 10.1. The van der Waals surface area contributed by atoms with Gasteiger partial charge in [0.1, 0.15) is 5.75 Å². The van der Waals surface area contributed by atoms with Crippen LogP contribution in [0.25, 0.3) is 0 Å². The van der Waals surface area contributed by atoms with Crippen LogP contribution in [0.4, 0.5) is 5.69 Å². The molecule has 2 amide bonds. The monoisotopic (exact) mass is 372 g/mol. The molecule has 0 spiro atoms. The standard InChI is InChI=1S/C20H24N2O5/c1-4-26-17-10-9-14(11-18(17)27-5-2)20(24)21-13-19(23)22-15-7-6-8-16(12-15)25-3/h6-12H,4-5,13H2,1-3H3,(H,21,24)(H,22,23). The number of nitrogens with one attached hydrogen (secondary N) is 2. The number of anilines is 1. The van der Waals surface area contributed by atoms with Gasteiger partial charge in [-0.15, -0.1) is 0 Å². The first-order valence-corrected chi connectivity index (χ1v) is 8.69. The highest BCUT2D eigenvalue weighted by atomic mass is 16.5. The van der Waals surface area contributed by atoms with Gasteiger partial charge in [-0.3, -0.25) is 9.59 Å². The van der Waals surface area contributed by atoms with Crippen LogP contribution in [0.1, 0.15) is 24.2 Å². The highest BCUT2D eigenvalue weighted by Gasteiger charge is 2.13. The van der Waals surface area contributed by atoms with Crippen LogP contribution in [0.15, 0.2) is 42.5 Å². The molecule has 0 saturated heterocycles. The highest BCUT2D eigenvalue weighted by molar-refractivity contribution is 5.99. The van der Waals surface area contributed by atoms with Crippen molar-refractivity contribution < 1.29 is 23.8 Å². The fourth-order valence-electron chi connectivity index (χ4n) is 2.36. The molecule has 0 fully saturated rings. The Hall–Kier alpha value is -3.22. The number of carbonyl (C=O) groups is 2. The van der Waals surface area contributed by atoms with Gasteiger partial charge in [0, 0.05) is 17.3 Å². The number of carbonyl (C=O) groups excluding carboxylic acids is 2. The molecular weight excluding hydrogens is 348 g/mol. The number of hydrogen-bond donors (Lipinski definition) is 2. The lowest BCUT2D eigenvalue weighted by Crippen LogP contribution is -2.32. The van der Waals surface area contributed by atoms with E-state index < -0.39 is 0 Å². The average Bonchev–Trinajstić information content (AvgIpc) is 2.68. The number of hydrogen-bond acceptors (Lipinski definition) is 5. The van der Waals surface area contributed by atoms with Gasteiger partial charge < -0.3 is 24.8 Å². The first kappa shape index (κ1) is 20.1. The summed E-state index contributed by atoms with van der Waals surface area (Å²) in [6.45, 7) is 4.51. The van der Waals surface area contributed by atoms with Crippen LogP contribution in [0, 0.1) is 0 Å². The summed E-state index contributed by atoms with van der Waals surface area (Å²) < 4.78 is 16.1. The van der Waals surface area contributed by atoms with Crippen molar-refractivity contribution in [1.82, 2.24) is 5.32 Å². The van der Waals surface area contributed by atoms with Gasteiger partial charge >= 0.3 is 0 Å². The van der Waals surface area contributed by atoms with E-state index in [0.29, 0.717) is 41.7 Å². The van der Waals surface area contributed by atoms with Gasteiger partial charge in [0.15, 0.2) is 11.5 Å². The van der Waals surface area contributed by atoms with Gasteiger partial charge in [-0.1, -0.05) is 6.07 Å². The van der Waals surface area contributed by atoms with Crippen LogP contribution < -0.4 is 24.8 Å². The predicted octanol–water partition coefficient (Wildman–Crippen LogP) is 2.86. The zero-order valence-electron chi connectivity index (χ0n) is 15.7. The van der Waals surface area contributed by atoms with E-state index in [4.69, 9.17) is 14.2 Å². The largest absolute Gasteiger partial charge is 0.497 e. The Morgan fingerprint density at radius 3 is 2.41 bits per heavy atom. The Morgan fingerprint density at radius 2 is 1.70 bits per heavy atom. The molecule has 0 aliphatic rings. The van der Waals surface area contributed by atoms with E-state index in [1.807, 2.05) is 13.8 Å². The van der Waals surface area contributed by atoms with E-state index in [1.54, 1.807) is 49.6 Å². The molecule has 0 aliphatic heterocycles. The van der Waals surface area contributed by atoms with Crippen LogP contribution in [-0.4, -0.2) is 38.7 Å². The van der Waals surface area contributed by atoms with E-state index in [2.05, 4.69) is 10.6 Å². The molecule has 144 valence electrons. The molecule has 0 saturated carbocycles. The van der Waals surface area contributed by atoms with Crippen molar-refractivity contribution in [3.8, 4) is 17.2 Å². The maximum atomic E-state index is 12.3. The van der Waals surface area contributed by atoms with Gasteiger partial charge in [0.25, 0.3) is 5.91 Å². The van der Waals surface area contributed by atoms with Crippen molar-refractivity contribution in [2.75, 3.05) is 32.2 Å². The van der Waals surface area contributed by atoms with Gasteiger partial charge in [0.2, 0.25) is 5.91 Å². The molecule has 7 heteroatoms. The summed E-state index contributed by atoms with van der Waals surface area (Å²) >= 11 is 0. The van der Waals surface area contributed by atoms with E-state index in [0.717, 1.165) is 0 Å². The highest BCUT2D eigenvalue weighted by Crippen LogP contribution is 2.28. The molecule has 0 radical (unpaired) electrons. The Kier molecular flexibility index (Phi) is 7.49. The summed E-state index contributed by atoms with van der Waals surface area (Å²) in [6, 6.07) is 11.9. The van der Waals surface area contributed by atoms with Crippen LogP contribution in [0.2, 0.25) is 0 Å². The van der Waals surface area contributed by atoms with Crippen LogP contribution >= 0.6 is 0 Å². The van der Waals surface area contributed by atoms with Gasteiger partial charge in [-0.05, 0) is 44.2 Å². The zero-order chi connectivity index (χ0) is 19.6. The maximum Gasteiger partial charge on any atom is 0.251 e. The molecule has 0 aliphatic carbocycles. The molecule has 2 N–H and O–H groups in total. The Labute approximate surface area is 158 Å². The van der Waals surface area contributed by atoms with Crippen molar-refractivity contribution in [1.29, 1.82) is 0 Å². The summed E-state index contributed by atoms with van der Waals surface area (Å²) in [5.41, 5.74) is 0.976. The quantitative estimate of drug-likeness (QED) is 0.707. The van der Waals surface area contributed by atoms with Gasteiger partial charge in [-0.2, -0.15) is 0 Å². The minimum Gasteiger partial charge on any atom is -0.497 e. The first-order chi connectivity index (χ1) is 13.1. The minimum atomic E-state index is -0.375. The van der Waals surface area contributed by atoms with Crippen molar-refractivity contribution in [2.45, 2.75) is 13.8 Å². The van der Waals surface area contributed by atoms with E-state index >= 15 is 0 Å². The third-order valence-electron chi connectivity index (χ3n) is 3.57. The van der Waals surface area contributed by atoms with Crippen molar-refractivity contribution >= 4 is 17.5 Å². The zero-order valence-corrected chi connectivity index (χ0v) is 15.7. The molecule has 0 unspecified atom stereocenters. The Balaban J connectivity index is 1.96. The molecule has 2 rings (SSSR count). The summed E-state index contributed by atoms with van der Waals surface area (Å²) in [5.74, 6) is 0.988. The number of rotatable bonds is 9. The fourth-order valence-corrected chi connectivity index (χ4v) is 2.36. The van der Waals surface area contributed by atoms with Crippen molar-refractivity contribution in [3.05, 3.63) is 48.0 Å². The first-order valence-electron chi connectivity index (χ1n) is 8.69. The van der Waals surface area contributed by atoms with E-state index in [9.17, 15) is 9.59 Å². The molecule has 0 bridgehead atoms. The summed E-state index contributed by atoms with van der Waals surface area (Å²) in [4.78, 5) is 24.4. The van der Waals surface area contributed by atoms with Crippen LogP contribution in [0.3, 0.4) is 0 Å². The van der Waals surface area contributed by atoms with Crippen molar-refractivity contribution in [3.63, 3.8) is 0 Å². The fraction of sp³-hybridized carbons (Fsp3) is 0.300. The van der Waals surface area contributed by atoms with E-state index in [-0.39, 0.29) is 18.4 Å². The molecule has 0 heterocycles. The third-order valence-corrected chi connectivity index (χ3v) is 3.57. The lowest BCUT2D eigenvalue weighted by atomic mass is 10.2. The van der Waals surface area contributed by atoms with Crippen LogP contribution in [0.5, 0.6) is 17.2 Å². The lowest BCUT2D eigenvalue weighted by molar-refractivity contribution is -0.115. The predicted molar refractivity (Wildman–Crippen MR) is 103 cm³/mol. The number of ether oxygens (including phenoxy) is 3. The SMILES string of the molecule is CCOc1ccc(C(=O)NCC(=O)Nc2cccc(OC)c2)cc1OCC. The second-order valence-electron chi connectivity index (χ2n) is 5.49. The lowest BCUT2D eigenvalue weighted by Gasteiger charge is -2.12. The minimum absolute atomic E-state index is 0.160. The van der Waals surface area contributed by atoms with Gasteiger partial charge in [0.05, 0.1) is 26.9 Å². The number of benzene rings is 2. The summed E-state index contributed by atoms with van der Waals surface area (Å²) in [5, 5.41) is 5.29.